The fraction of sp³-hybridized carbons (Fsp3) is 0.222. The van der Waals surface area contributed by atoms with Gasteiger partial charge in [-0.05, 0) is 42.0 Å². The fourth-order valence-corrected chi connectivity index (χ4v) is 2.55. The van der Waals surface area contributed by atoms with Gasteiger partial charge in [0.15, 0.2) is 6.61 Å². The Morgan fingerprint density at radius 3 is 2.48 bits per heavy atom. The van der Waals surface area contributed by atoms with Crippen LogP contribution in [-0.4, -0.2) is 36.1 Å². The van der Waals surface area contributed by atoms with Crippen LogP contribution in [0.3, 0.4) is 0 Å². The second-order valence-corrected chi connectivity index (χ2v) is 6.56. The first-order valence-electron chi connectivity index (χ1n) is 7.50. The Hall–Kier alpha value is -2.67. The number of hydrogen-bond donors (Lipinski definition) is 1. The summed E-state index contributed by atoms with van der Waals surface area (Å²) in [5.74, 6) is -0.304. The van der Waals surface area contributed by atoms with Gasteiger partial charge >= 0.3 is 5.97 Å². The van der Waals surface area contributed by atoms with Crippen molar-refractivity contribution >= 4 is 22.7 Å². The second-order valence-electron chi connectivity index (χ2n) is 5.18. The summed E-state index contributed by atoms with van der Waals surface area (Å²) in [6.45, 7) is -0.0607. The lowest BCUT2D eigenvalue weighted by molar-refractivity contribution is -0.124. The molecule has 0 radical (unpaired) electrons. The molecule has 1 amide bonds. The summed E-state index contributed by atoms with van der Waals surface area (Å²) < 4.78 is 21.4. The predicted octanol–water partition coefficient (Wildman–Crippen LogP) is 1.91. The Labute approximate surface area is 148 Å². The topological polar surface area (TPSA) is 81.7 Å². The lowest BCUT2D eigenvalue weighted by Gasteiger charge is -2.08. The Morgan fingerprint density at radius 1 is 1.12 bits per heavy atom. The molecule has 132 valence electrons. The zero-order valence-corrected chi connectivity index (χ0v) is 14.8. The van der Waals surface area contributed by atoms with Crippen LogP contribution >= 0.6 is 0 Å². The molecule has 2 aromatic rings. The molecule has 0 saturated heterocycles. The molecule has 6 nitrogen and oxygen atoms in total. The maximum absolute atomic E-state index is 11.9. The van der Waals surface area contributed by atoms with Crippen LogP contribution in [0.15, 0.2) is 53.4 Å². The molecule has 0 aliphatic heterocycles. The highest BCUT2D eigenvalue weighted by atomic mass is 32.2. The standard InChI is InChI=1S/C18H19NO5S/c1-23-15-5-3-4-13(10-15)11-19-17(20)12-24-18(21)14-6-8-16(9-7-14)25(2)22/h3-10H,11-12H2,1-2H3,(H,19,20). The maximum Gasteiger partial charge on any atom is 0.338 e. The van der Waals surface area contributed by atoms with Crippen LogP contribution in [0.25, 0.3) is 0 Å². The summed E-state index contributed by atoms with van der Waals surface area (Å²) in [5.41, 5.74) is 1.18. The van der Waals surface area contributed by atoms with E-state index in [1.165, 1.54) is 12.1 Å². The quantitative estimate of drug-likeness (QED) is 0.762. The average molecular weight is 361 g/mol. The van der Waals surface area contributed by atoms with E-state index >= 15 is 0 Å². The minimum atomic E-state index is -1.11. The first-order valence-corrected chi connectivity index (χ1v) is 9.05. The number of ether oxygens (including phenoxy) is 2. The van der Waals surface area contributed by atoms with Gasteiger partial charge in [-0.15, -0.1) is 0 Å². The maximum atomic E-state index is 11.9. The molecule has 2 aromatic carbocycles. The first-order chi connectivity index (χ1) is 12.0. The summed E-state index contributed by atoms with van der Waals surface area (Å²) in [4.78, 5) is 24.3. The van der Waals surface area contributed by atoms with Crippen molar-refractivity contribution in [1.29, 1.82) is 0 Å². The average Bonchev–Trinajstić information content (AvgIpc) is 2.64. The molecule has 0 aliphatic rings. The highest BCUT2D eigenvalue weighted by Gasteiger charge is 2.10. The van der Waals surface area contributed by atoms with Gasteiger partial charge in [-0.1, -0.05) is 12.1 Å². The van der Waals surface area contributed by atoms with Gasteiger partial charge in [0, 0.05) is 28.5 Å². The summed E-state index contributed by atoms with van der Waals surface area (Å²) in [7, 11) is 0.461. The van der Waals surface area contributed by atoms with Crippen LogP contribution < -0.4 is 10.1 Å². The molecule has 0 bridgehead atoms. The molecule has 0 heterocycles. The number of methoxy groups -OCH3 is 1. The van der Waals surface area contributed by atoms with Crippen LogP contribution in [0.1, 0.15) is 15.9 Å². The van der Waals surface area contributed by atoms with E-state index in [0.29, 0.717) is 22.8 Å². The SMILES string of the molecule is COc1cccc(CNC(=O)COC(=O)c2ccc(S(C)=O)cc2)c1. The third-order valence-electron chi connectivity index (χ3n) is 3.38. The van der Waals surface area contributed by atoms with Gasteiger partial charge in [0.1, 0.15) is 5.75 Å². The van der Waals surface area contributed by atoms with Crippen LogP contribution in [0.5, 0.6) is 5.75 Å². The number of benzene rings is 2. The van der Waals surface area contributed by atoms with Crippen molar-refractivity contribution in [2.24, 2.45) is 0 Å². The number of amides is 1. The molecule has 2 rings (SSSR count). The van der Waals surface area contributed by atoms with Crippen molar-refractivity contribution in [3.63, 3.8) is 0 Å². The van der Waals surface area contributed by atoms with E-state index in [1.807, 2.05) is 24.3 Å². The molecule has 1 atom stereocenters. The zero-order valence-electron chi connectivity index (χ0n) is 14.0. The number of hydrogen-bond acceptors (Lipinski definition) is 5. The molecule has 0 aliphatic carbocycles. The number of esters is 1. The molecule has 0 aromatic heterocycles. The van der Waals surface area contributed by atoms with E-state index in [1.54, 1.807) is 25.5 Å². The van der Waals surface area contributed by atoms with Crippen molar-refractivity contribution < 1.29 is 23.3 Å². The summed E-state index contributed by atoms with van der Waals surface area (Å²) >= 11 is 0. The van der Waals surface area contributed by atoms with Crippen molar-refractivity contribution in [1.82, 2.24) is 5.32 Å². The summed E-state index contributed by atoms with van der Waals surface area (Å²) in [6.07, 6.45) is 1.56. The third-order valence-corrected chi connectivity index (χ3v) is 4.32. The zero-order chi connectivity index (χ0) is 18.2. The molecular weight excluding hydrogens is 342 g/mol. The molecule has 0 fully saturated rings. The van der Waals surface area contributed by atoms with Crippen LogP contribution in [0.4, 0.5) is 0 Å². The Kier molecular flexibility index (Phi) is 6.71. The predicted molar refractivity (Wildman–Crippen MR) is 93.9 cm³/mol. The highest BCUT2D eigenvalue weighted by molar-refractivity contribution is 7.84. The lowest BCUT2D eigenvalue weighted by atomic mass is 10.2. The number of carbonyl (C=O) groups excluding carboxylic acids is 2. The van der Waals surface area contributed by atoms with Gasteiger partial charge in [-0.2, -0.15) is 0 Å². The normalized spacial score (nSPS) is 11.4. The molecule has 1 N–H and O–H groups in total. The second kappa shape index (κ2) is 8.98. The van der Waals surface area contributed by atoms with E-state index in [-0.39, 0.29) is 6.61 Å². The van der Waals surface area contributed by atoms with Gasteiger partial charge in [0.05, 0.1) is 12.7 Å². The minimum Gasteiger partial charge on any atom is -0.497 e. The van der Waals surface area contributed by atoms with Gasteiger partial charge in [0.2, 0.25) is 0 Å². The van der Waals surface area contributed by atoms with Gasteiger partial charge in [-0.25, -0.2) is 4.79 Å². The van der Waals surface area contributed by atoms with Crippen LogP contribution in [-0.2, 0) is 26.9 Å². The smallest absolute Gasteiger partial charge is 0.338 e. The van der Waals surface area contributed by atoms with Crippen molar-refractivity contribution in [2.75, 3.05) is 20.0 Å². The number of carbonyl (C=O) groups is 2. The molecule has 0 saturated carbocycles. The van der Waals surface area contributed by atoms with Gasteiger partial charge in [0.25, 0.3) is 5.91 Å². The first kappa shape index (κ1) is 18.7. The molecular formula is C18H19NO5S. The van der Waals surface area contributed by atoms with Gasteiger partial charge in [-0.3, -0.25) is 9.00 Å². The molecule has 25 heavy (non-hydrogen) atoms. The van der Waals surface area contributed by atoms with Crippen LogP contribution in [0.2, 0.25) is 0 Å². The van der Waals surface area contributed by atoms with E-state index in [0.717, 1.165) is 5.56 Å². The Balaban J connectivity index is 1.80. The van der Waals surface area contributed by atoms with E-state index in [2.05, 4.69) is 5.32 Å². The van der Waals surface area contributed by atoms with E-state index in [4.69, 9.17) is 9.47 Å². The molecule has 0 spiro atoms. The summed E-state index contributed by atoms with van der Waals surface area (Å²) in [5, 5.41) is 2.67. The Bertz CT molecular complexity index is 773. The Morgan fingerprint density at radius 2 is 1.84 bits per heavy atom. The lowest BCUT2D eigenvalue weighted by Crippen LogP contribution is -2.28. The fourth-order valence-electron chi connectivity index (χ4n) is 2.03. The van der Waals surface area contributed by atoms with Crippen molar-refractivity contribution in [3.8, 4) is 5.75 Å². The van der Waals surface area contributed by atoms with Crippen LogP contribution in [0, 0.1) is 0 Å². The third kappa shape index (κ3) is 5.72. The van der Waals surface area contributed by atoms with E-state index < -0.39 is 22.7 Å². The van der Waals surface area contributed by atoms with Crippen molar-refractivity contribution in [2.45, 2.75) is 11.4 Å². The largest absolute Gasteiger partial charge is 0.497 e. The number of rotatable bonds is 7. The monoisotopic (exact) mass is 361 g/mol. The minimum absolute atomic E-state index is 0.301. The van der Waals surface area contributed by atoms with Crippen molar-refractivity contribution in [3.05, 3.63) is 59.7 Å². The molecule has 1 unspecified atom stereocenters. The number of nitrogens with one attached hydrogen (secondary N) is 1. The highest BCUT2D eigenvalue weighted by Crippen LogP contribution is 2.12. The molecule has 7 heteroatoms. The van der Waals surface area contributed by atoms with E-state index in [9.17, 15) is 13.8 Å². The van der Waals surface area contributed by atoms with Gasteiger partial charge < -0.3 is 14.8 Å². The summed E-state index contributed by atoms with van der Waals surface area (Å²) in [6, 6.07) is 13.5.